The van der Waals surface area contributed by atoms with Crippen LogP contribution in [-0.4, -0.2) is 21.2 Å². The zero-order valence-electron chi connectivity index (χ0n) is 17.7. The van der Waals surface area contributed by atoms with Crippen molar-refractivity contribution in [2.45, 2.75) is 31.3 Å². The molecule has 5 rings (SSSR count). The summed E-state index contributed by atoms with van der Waals surface area (Å²) in [5.41, 5.74) is 3.28. The number of thiophene rings is 1. The van der Waals surface area contributed by atoms with Gasteiger partial charge in [0, 0.05) is 20.6 Å². The maximum Gasteiger partial charge on any atom is 0.267 e. The normalized spacial score (nSPS) is 12.8. The highest BCUT2D eigenvalue weighted by Gasteiger charge is 2.24. The molecule has 0 bridgehead atoms. The number of carbonyl (C=O) groups is 1. The van der Waals surface area contributed by atoms with Gasteiger partial charge in [-0.05, 0) is 73.7 Å². The molecule has 0 aliphatic heterocycles. The van der Waals surface area contributed by atoms with Crippen LogP contribution in [0.4, 0.5) is 5.69 Å². The SMILES string of the molecule is Cc1ccc(Cl)cc1NC(=O)CSc1nc2sc3c(c2c(=O)n1-c1ccc(Cl)cc1)CCC3. The molecule has 2 aromatic heterocycles. The highest BCUT2D eigenvalue weighted by Crippen LogP contribution is 2.36. The minimum Gasteiger partial charge on any atom is -0.325 e. The van der Waals surface area contributed by atoms with Crippen molar-refractivity contribution >= 4 is 68.1 Å². The molecule has 168 valence electrons. The highest BCUT2D eigenvalue weighted by molar-refractivity contribution is 7.99. The van der Waals surface area contributed by atoms with Crippen LogP contribution in [0.3, 0.4) is 0 Å². The van der Waals surface area contributed by atoms with Crippen LogP contribution in [0, 0.1) is 6.92 Å². The van der Waals surface area contributed by atoms with Gasteiger partial charge in [-0.3, -0.25) is 14.2 Å². The number of hydrogen-bond donors (Lipinski definition) is 1. The Hall–Kier alpha value is -2.32. The van der Waals surface area contributed by atoms with E-state index in [0.29, 0.717) is 32.0 Å². The fraction of sp³-hybridized carbons (Fsp3) is 0.208. The van der Waals surface area contributed by atoms with Gasteiger partial charge in [0.1, 0.15) is 4.83 Å². The van der Waals surface area contributed by atoms with Crippen molar-refractivity contribution in [1.29, 1.82) is 0 Å². The minimum absolute atomic E-state index is 0.0998. The van der Waals surface area contributed by atoms with Crippen molar-refractivity contribution in [2.24, 2.45) is 0 Å². The Labute approximate surface area is 208 Å². The topological polar surface area (TPSA) is 64.0 Å². The lowest BCUT2D eigenvalue weighted by atomic mass is 10.2. The number of thioether (sulfide) groups is 1. The number of aryl methyl sites for hydroxylation is 3. The Bertz CT molecular complexity index is 1450. The quantitative estimate of drug-likeness (QED) is 0.251. The molecule has 1 N–H and O–H groups in total. The lowest BCUT2D eigenvalue weighted by Crippen LogP contribution is -2.23. The summed E-state index contributed by atoms with van der Waals surface area (Å²) in [6.07, 6.45) is 2.96. The van der Waals surface area contributed by atoms with Crippen LogP contribution in [-0.2, 0) is 17.6 Å². The van der Waals surface area contributed by atoms with Gasteiger partial charge in [-0.1, -0.05) is 41.0 Å². The molecule has 0 radical (unpaired) electrons. The first-order chi connectivity index (χ1) is 15.9. The molecule has 0 saturated carbocycles. The number of anilines is 1. The molecule has 0 saturated heterocycles. The summed E-state index contributed by atoms with van der Waals surface area (Å²) >= 11 is 15.0. The van der Waals surface area contributed by atoms with Gasteiger partial charge < -0.3 is 5.32 Å². The summed E-state index contributed by atoms with van der Waals surface area (Å²) in [5, 5.41) is 5.22. The van der Waals surface area contributed by atoms with Gasteiger partial charge in [0.2, 0.25) is 5.91 Å². The van der Waals surface area contributed by atoms with Crippen LogP contribution < -0.4 is 10.9 Å². The number of nitrogens with zero attached hydrogens (tertiary/aromatic N) is 2. The van der Waals surface area contributed by atoms with Crippen LogP contribution in [0.5, 0.6) is 0 Å². The second-order valence-corrected chi connectivity index (χ2v) is 10.7. The van der Waals surface area contributed by atoms with Crippen LogP contribution in [0.15, 0.2) is 52.4 Å². The van der Waals surface area contributed by atoms with Crippen molar-refractivity contribution in [1.82, 2.24) is 9.55 Å². The standard InChI is InChI=1S/C24H19Cl2N3O2S2/c1-13-5-6-15(26)11-18(13)27-20(30)12-32-24-28-22-21(17-3-2-4-19(17)33-22)23(31)29(24)16-9-7-14(25)8-10-16/h5-11H,2-4,12H2,1H3,(H,27,30). The van der Waals surface area contributed by atoms with Gasteiger partial charge >= 0.3 is 0 Å². The summed E-state index contributed by atoms with van der Waals surface area (Å²) in [5.74, 6) is -0.0983. The van der Waals surface area contributed by atoms with Crippen LogP contribution in [0.25, 0.3) is 15.9 Å². The van der Waals surface area contributed by atoms with Crippen molar-refractivity contribution in [2.75, 3.05) is 11.1 Å². The Kier molecular flexibility index (Phi) is 6.22. The molecule has 9 heteroatoms. The highest BCUT2D eigenvalue weighted by atomic mass is 35.5. The first-order valence-corrected chi connectivity index (χ1v) is 13.0. The van der Waals surface area contributed by atoms with Crippen molar-refractivity contribution in [3.8, 4) is 5.69 Å². The van der Waals surface area contributed by atoms with E-state index in [1.807, 2.05) is 13.0 Å². The molecule has 1 amide bonds. The second-order valence-electron chi connectivity index (χ2n) is 7.84. The van der Waals surface area contributed by atoms with E-state index in [1.165, 1.54) is 16.6 Å². The molecular weight excluding hydrogens is 497 g/mol. The van der Waals surface area contributed by atoms with Crippen LogP contribution in [0.1, 0.15) is 22.4 Å². The van der Waals surface area contributed by atoms with Gasteiger partial charge in [0.15, 0.2) is 5.16 Å². The number of fused-ring (bicyclic) bond motifs is 3. The molecule has 0 spiro atoms. The molecule has 5 nitrogen and oxygen atoms in total. The largest absolute Gasteiger partial charge is 0.325 e. The Morgan fingerprint density at radius 2 is 1.91 bits per heavy atom. The van der Waals surface area contributed by atoms with E-state index in [9.17, 15) is 9.59 Å². The van der Waals surface area contributed by atoms with Gasteiger partial charge in [-0.2, -0.15) is 0 Å². The number of nitrogens with one attached hydrogen (secondary N) is 1. The average Bonchev–Trinajstić information content (AvgIpc) is 3.37. The first kappa shape index (κ1) is 22.5. The number of carbonyl (C=O) groups excluding carboxylic acids is 1. The molecule has 2 aromatic carbocycles. The minimum atomic E-state index is -0.198. The molecule has 0 unspecified atom stereocenters. The Balaban J connectivity index is 1.51. The molecule has 2 heterocycles. The summed E-state index contributed by atoms with van der Waals surface area (Å²) in [7, 11) is 0. The van der Waals surface area contributed by atoms with Gasteiger partial charge in [0.25, 0.3) is 5.56 Å². The third-order valence-corrected chi connectivity index (χ3v) is 8.21. The lowest BCUT2D eigenvalue weighted by Gasteiger charge is -2.13. The van der Waals surface area contributed by atoms with Crippen molar-refractivity contribution in [3.05, 3.63) is 78.9 Å². The van der Waals surface area contributed by atoms with E-state index in [1.54, 1.807) is 52.3 Å². The number of hydrogen-bond acceptors (Lipinski definition) is 5. The zero-order valence-corrected chi connectivity index (χ0v) is 20.8. The summed E-state index contributed by atoms with van der Waals surface area (Å²) < 4.78 is 1.59. The Morgan fingerprint density at radius 3 is 2.70 bits per heavy atom. The van der Waals surface area contributed by atoms with E-state index >= 15 is 0 Å². The van der Waals surface area contributed by atoms with E-state index in [2.05, 4.69) is 5.32 Å². The average molecular weight is 516 g/mol. The maximum atomic E-state index is 13.6. The predicted molar refractivity (Wildman–Crippen MR) is 138 cm³/mol. The van der Waals surface area contributed by atoms with Crippen molar-refractivity contribution in [3.63, 3.8) is 0 Å². The third-order valence-electron chi connectivity index (χ3n) is 5.60. The van der Waals surface area contributed by atoms with Crippen LogP contribution >= 0.6 is 46.3 Å². The lowest BCUT2D eigenvalue weighted by molar-refractivity contribution is -0.113. The number of amides is 1. The number of aromatic nitrogens is 2. The third kappa shape index (κ3) is 4.43. The van der Waals surface area contributed by atoms with E-state index in [4.69, 9.17) is 28.2 Å². The van der Waals surface area contributed by atoms with Crippen molar-refractivity contribution < 1.29 is 4.79 Å². The predicted octanol–water partition coefficient (Wildman–Crippen LogP) is 6.28. The van der Waals surface area contributed by atoms with Crippen LogP contribution in [0.2, 0.25) is 10.0 Å². The molecular formula is C24H19Cl2N3O2S2. The number of benzene rings is 2. The molecule has 33 heavy (non-hydrogen) atoms. The van der Waals surface area contributed by atoms with Gasteiger partial charge in [-0.15, -0.1) is 11.3 Å². The smallest absolute Gasteiger partial charge is 0.267 e. The summed E-state index contributed by atoms with van der Waals surface area (Å²) in [4.78, 5) is 33.1. The molecule has 0 atom stereocenters. The fourth-order valence-electron chi connectivity index (χ4n) is 3.98. The van der Waals surface area contributed by atoms with E-state index in [-0.39, 0.29) is 17.2 Å². The fourth-order valence-corrected chi connectivity index (χ4v) is 6.40. The Morgan fingerprint density at radius 1 is 1.15 bits per heavy atom. The zero-order chi connectivity index (χ0) is 23.1. The van der Waals surface area contributed by atoms with E-state index < -0.39 is 0 Å². The summed E-state index contributed by atoms with van der Waals surface area (Å²) in [6, 6.07) is 12.4. The molecule has 4 aromatic rings. The molecule has 1 aliphatic rings. The number of rotatable bonds is 5. The first-order valence-electron chi connectivity index (χ1n) is 10.4. The monoisotopic (exact) mass is 515 g/mol. The van der Waals surface area contributed by atoms with Gasteiger partial charge in [-0.25, -0.2) is 4.98 Å². The molecule has 0 fully saturated rings. The van der Waals surface area contributed by atoms with Gasteiger partial charge in [0.05, 0.1) is 16.8 Å². The summed E-state index contributed by atoms with van der Waals surface area (Å²) in [6.45, 7) is 1.91. The van der Waals surface area contributed by atoms with E-state index in [0.717, 1.165) is 35.2 Å². The maximum absolute atomic E-state index is 13.6. The number of halogens is 2. The molecule has 1 aliphatic carbocycles. The second kappa shape index (κ2) is 9.14.